The zero-order valence-corrected chi connectivity index (χ0v) is 9.61. The molecule has 0 aromatic carbocycles. The number of nitrogens with zero attached hydrogens (tertiary/aromatic N) is 1. The highest BCUT2D eigenvalue weighted by Gasteiger charge is 2.35. The SMILES string of the molecule is C=CC1CN(C(O)OC(C)(C)C)C[C@H]1F. The largest absolute Gasteiger partial charge is 0.356 e. The molecule has 0 radical (unpaired) electrons. The molecule has 0 spiro atoms. The highest BCUT2D eigenvalue weighted by molar-refractivity contribution is 4.94. The lowest BCUT2D eigenvalue weighted by Crippen LogP contribution is -2.40. The molecule has 0 aromatic rings. The summed E-state index contributed by atoms with van der Waals surface area (Å²) >= 11 is 0. The van der Waals surface area contributed by atoms with Gasteiger partial charge in [-0.2, -0.15) is 0 Å². The molecule has 0 aliphatic carbocycles. The van der Waals surface area contributed by atoms with Crippen LogP contribution in [0.1, 0.15) is 20.8 Å². The molecule has 1 fully saturated rings. The van der Waals surface area contributed by atoms with Crippen LogP contribution in [0.15, 0.2) is 12.7 Å². The van der Waals surface area contributed by atoms with Gasteiger partial charge in [0, 0.05) is 19.0 Å². The Morgan fingerprint density at radius 1 is 1.53 bits per heavy atom. The first-order valence-electron chi connectivity index (χ1n) is 5.20. The number of hydrogen-bond donors (Lipinski definition) is 1. The summed E-state index contributed by atoms with van der Waals surface area (Å²) in [6, 6.07) is 0. The molecule has 0 amide bonds. The Balaban J connectivity index is 2.49. The summed E-state index contributed by atoms with van der Waals surface area (Å²) < 4.78 is 18.7. The first kappa shape index (κ1) is 12.6. The Morgan fingerprint density at radius 3 is 2.53 bits per heavy atom. The Morgan fingerprint density at radius 2 is 2.13 bits per heavy atom. The van der Waals surface area contributed by atoms with Gasteiger partial charge in [-0.05, 0) is 20.8 Å². The van der Waals surface area contributed by atoms with E-state index >= 15 is 0 Å². The highest BCUT2D eigenvalue weighted by Crippen LogP contribution is 2.24. The molecule has 3 nitrogen and oxygen atoms in total. The Hall–Kier alpha value is -0.450. The number of halogens is 1. The second-order valence-electron chi connectivity index (χ2n) is 4.93. The summed E-state index contributed by atoms with van der Waals surface area (Å²) in [6.45, 7) is 9.79. The van der Waals surface area contributed by atoms with Crippen LogP contribution in [-0.4, -0.2) is 41.3 Å². The lowest BCUT2D eigenvalue weighted by Gasteiger charge is -2.29. The molecule has 0 aromatic heterocycles. The van der Waals surface area contributed by atoms with E-state index in [1.54, 1.807) is 11.0 Å². The monoisotopic (exact) mass is 217 g/mol. The molecule has 1 saturated heterocycles. The lowest BCUT2D eigenvalue weighted by molar-refractivity contribution is -0.234. The zero-order valence-electron chi connectivity index (χ0n) is 9.61. The van der Waals surface area contributed by atoms with E-state index in [4.69, 9.17) is 4.74 Å². The number of hydrogen-bond acceptors (Lipinski definition) is 3. The smallest absolute Gasteiger partial charge is 0.216 e. The minimum atomic E-state index is -1.03. The van der Waals surface area contributed by atoms with Gasteiger partial charge in [-0.15, -0.1) is 6.58 Å². The Labute approximate surface area is 90.5 Å². The van der Waals surface area contributed by atoms with Crippen LogP contribution in [-0.2, 0) is 4.74 Å². The number of aliphatic hydroxyl groups is 1. The lowest BCUT2D eigenvalue weighted by atomic mass is 10.1. The first-order valence-corrected chi connectivity index (χ1v) is 5.20. The maximum absolute atomic E-state index is 13.4. The van der Waals surface area contributed by atoms with Crippen LogP contribution in [0.4, 0.5) is 4.39 Å². The second-order valence-corrected chi connectivity index (χ2v) is 4.93. The molecule has 1 aliphatic rings. The molecule has 0 saturated carbocycles. The number of likely N-dealkylation sites (tertiary alicyclic amines) is 1. The van der Waals surface area contributed by atoms with Gasteiger partial charge in [0.15, 0.2) is 0 Å². The van der Waals surface area contributed by atoms with E-state index in [1.165, 1.54) is 0 Å². The molecule has 15 heavy (non-hydrogen) atoms. The molecular formula is C11H20FNO2. The van der Waals surface area contributed by atoms with Crippen molar-refractivity contribution in [3.63, 3.8) is 0 Å². The molecule has 4 heteroatoms. The van der Waals surface area contributed by atoms with Crippen molar-refractivity contribution in [2.24, 2.45) is 5.92 Å². The minimum absolute atomic E-state index is 0.202. The maximum atomic E-state index is 13.4. The van der Waals surface area contributed by atoms with Gasteiger partial charge in [-0.25, -0.2) is 4.39 Å². The standard InChI is InChI=1S/C11H20FNO2/c1-5-8-6-13(7-9(8)12)10(14)15-11(2,3)4/h5,8-10,14H,1,6-7H2,2-4H3/t8?,9-,10?/m1/s1. The van der Waals surface area contributed by atoms with Crippen LogP contribution in [0, 0.1) is 5.92 Å². The molecule has 1 N–H and O–H groups in total. The van der Waals surface area contributed by atoms with Gasteiger partial charge in [-0.1, -0.05) is 6.08 Å². The molecule has 0 bridgehead atoms. The fraction of sp³-hybridized carbons (Fsp3) is 0.818. The third-order valence-electron chi connectivity index (χ3n) is 2.39. The van der Waals surface area contributed by atoms with Gasteiger partial charge < -0.3 is 9.84 Å². The van der Waals surface area contributed by atoms with Gasteiger partial charge >= 0.3 is 0 Å². The average molecular weight is 217 g/mol. The molecular weight excluding hydrogens is 197 g/mol. The summed E-state index contributed by atoms with van der Waals surface area (Å²) in [6.07, 6.45) is -0.400. The molecule has 2 unspecified atom stereocenters. The Kier molecular flexibility index (Phi) is 3.87. The minimum Gasteiger partial charge on any atom is -0.356 e. The van der Waals surface area contributed by atoms with Crippen molar-refractivity contribution in [1.82, 2.24) is 4.90 Å². The third kappa shape index (κ3) is 3.55. The predicted octanol–water partition coefficient (Wildman–Crippen LogP) is 1.53. The molecule has 88 valence electrons. The van der Waals surface area contributed by atoms with Crippen LogP contribution in [0.5, 0.6) is 0 Å². The predicted molar refractivity (Wildman–Crippen MR) is 57.0 cm³/mol. The number of ether oxygens (including phenoxy) is 1. The van der Waals surface area contributed by atoms with Gasteiger partial charge in [-0.3, -0.25) is 4.90 Å². The van der Waals surface area contributed by atoms with Crippen LogP contribution < -0.4 is 0 Å². The van der Waals surface area contributed by atoms with E-state index in [0.29, 0.717) is 6.54 Å². The highest BCUT2D eigenvalue weighted by atomic mass is 19.1. The van der Waals surface area contributed by atoms with Crippen LogP contribution in [0.25, 0.3) is 0 Å². The normalized spacial score (nSPS) is 30.5. The number of alkyl halides is 1. The topological polar surface area (TPSA) is 32.7 Å². The van der Waals surface area contributed by atoms with Crippen molar-refractivity contribution < 1.29 is 14.2 Å². The van der Waals surface area contributed by atoms with Crippen LogP contribution >= 0.6 is 0 Å². The van der Waals surface area contributed by atoms with Gasteiger partial charge in [0.05, 0.1) is 5.60 Å². The van der Waals surface area contributed by atoms with Gasteiger partial charge in [0.1, 0.15) is 6.17 Å². The summed E-state index contributed by atoms with van der Waals surface area (Å²) in [7, 11) is 0. The van der Waals surface area contributed by atoms with E-state index in [2.05, 4.69) is 6.58 Å². The molecule has 3 atom stereocenters. The fourth-order valence-corrected chi connectivity index (χ4v) is 1.61. The zero-order chi connectivity index (χ0) is 11.6. The number of rotatable bonds is 3. The fourth-order valence-electron chi connectivity index (χ4n) is 1.61. The Bertz CT molecular complexity index is 227. The summed E-state index contributed by atoms with van der Waals surface area (Å²) in [5, 5.41) is 9.72. The average Bonchev–Trinajstić information content (AvgIpc) is 2.43. The van der Waals surface area contributed by atoms with Crippen molar-refractivity contribution in [3.05, 3.63) is 12.7 Å². The molecule has 1 aliphatic heterocycles. The van der Waals surface area contributed by atoms with Crippen LogP contribution in [0.2, 0.25) is 0 Å². The van der Waals surface area contributed by atoms with Gasteiger partial charge in [0.2, 0.25) is 6.41 Å². The second kappa shape index (κ2) is 4.60. The van der Waals surface area contributed by atoms with E-state index < -0.39 is 18.2 Å². The molecule has 1 heterocycles. The van der Waals surface area contributed by atoms with Crippen LogP contribution in [0.3, 0.4) is 0 Å². The van der Waals surface area contributed by atoms with Crippen molar-refractivity contribution in [1.29, 1.82) is 0 Å². The maximum Gasteiger partial charge on any atom is 0.216 e. The quantitative estimate of drug-likeness (QED) is 0.575. The summed E-state index contributed by atoms with van der Waals surface area (Å²) in [5.41, 5.74) is -0.433. The van der Waals surface area contributed by atoms with E-state index in [1.807, 2.05) is 20.8 Å². The first-order chi connectivity index (χ1) is 6.83. The third-order valence-corrected chi connectivity index (χ3v) is 2.39. The van der Waals surface area contributed by atoms with Crippen molar-refractivity contribution in [3.8, 4) is 0 Å². The number of aliphatic hydroxyl groups excluding tert-OH is 1. The van der Waals surface area contributed by atoms with Crippen molar-refractivity contribution in [2.75, 3.05) is 13.1 Å². The summed E-state index contributed by atoms with van der Waals surface area (Å²) in [4.78, 5) is 1.59. The van der Waals surface area contributed by atoms with E-state index in [0.717, 1.165) is 0 Å². The van der Waals surface area contributed by atoms with Crippen molar-refractivity contribution in [2.45, 2.75) is 39.0 Å². The van der Waals surface area contributed by atoms with Gasteiger partial charge in [0.25, 0.3) is 0 Å². The summed E-state index contributed by atoms with van der Waals surface area (Å²) in [5.74, 6) is -0.205. The molecule has 1 rings (SSSR count). The van der Waals surface area contributed by atoms with Crippen molar-refractivity contribution >= 4 is 0 Å². The van der Waals surface area contributed by atoms with E-state index in [9.17, 15) is 9.50 Å². The van der Waals surface area contributed by atoms with E-state index in [-0.39, 0.29) is 12.5 Å².